The van der Waals surface area contributed by atoms with Gasteiger partial charge in [-0.15, -0.1) is 10.2 Å². The van der Waals surface area contributed by atoms with Crippen molar-refractivity contribution in [3.63, 3.8) is 0 Å². The zero-order valence-corrected chi connectivity index (χ0v) is 10.8. The van der Waals surface area contributed by atoms with E-state index in [1.54, 1.807) is 12.1 Å². The van der Waals surface area contributed by atoms with Gasteiger partial charge < -0.3 is 10.1 Å². The Balaban J connectivity index is 2.13. The number of anilines is 2. The predicted molar refractivity (Wildman–Crippen MR) is 68.4 cm³/mol. The van der Waals surface area contributed by atoms with Gasteiger partial charge in [0.05, 0.1) is 5.69 Å². The molecule has 2 rings (SSSR count). The number of hydrogen-bond acceptors (Lipinski definition) is 4. The van der Waals surface area contributed by atoms with Crippen LogP contribution in [0.1, 0.15) is 0 Å². The lowest BCUT2D eigenvalue weighted by molar-refractivity contribution is -0.0498. The van der Waals surface area contributed by atoms with Crippen molar-refractivity contribution < 1.29 is 13.5 Å². The molecule has 0 spiro atoms. The first-order valence-electron chi connectivity index (χ1n) is 5.05. The molecule has 1 aromatic heterocycles. The molecule has 0 atom stereocenters. The summed E-state index contributed by atoms with van der Waals surface area (Å²) in [6.07, 6.45) is 0. The Morgan fingerprint density at radius 2 is 1.79 bits per heavy atom. The molecule has 2 aromatic rings. The summed E-state index contributed by atoms with van der Waals surface area (Å²) in [5.41, 5.74) is 1.08. The van der Waals surface area contributed by atoms with E-state index in [4.69, 9.17) is 23.2 Å². The molecule has 0 radical (unpaired) electrons. The smallest absolute Gasteiger partial charge is 0.387 e. The third kappa shape index (κ3) is 3.90. The first-order valence-corrected chi connectivity index (χ1v) is 5.81. The second-order valence-electron chi connectivity index (χ2n) is 3.40. The lowest BCUT2D eigenvalue weighted by atomic mass is 10.3. The van der Waals surface area contributed by atoms with E-state index < -0.39 is 6.61 Å². The monoisotopic (exact) mass is 305 g/mol. The highest BCUT2D eigenvalue weighted by molar-refractivity contribution is 6.33. The summed E-state index contributed by atoms with van der Waals surface area (Å²) in [4.78, 5) is 0. The number of benzene rings is 1. The van der Waals surface area contributed by atoms with E-state index >= 15 is 0 Å². The molecule has 0 aliphatic carbocycles. The average Bonchev–Trinajstić information content (AvgIpc) is 2.35. The Hall–Kier alpha value is -1.66. The highest BCUT2D eigenvalue weighted by atomic mass is 35.5. The number of nitrogens with one attached hydrogen (secondary N) is 1. The van der Waals surface area contributed by atoms with Gasteiger partial charge >= 0.3 is 6.61 Å². The van der Waals surface area contributed by atoms with Gasteiger partial charge in [0.2, 0.25) is 0 Å². The van der Waals surface area contributed by atoms with Crippen molar-refractivity contribution in [2.75, 3.05) is 5.32 Å². The van der Waals surface area contributed by atoms with E-state index in [1.165, 1.54) is 18.2 Å². The lowest BCUT2D eigenvalue weighted by Gasteiger charge is -2.09. The Morgan fingerprint density at radius 1 is 1.11 bits per heavy atom. The molecule has 1 N–H and O–H groups in total. The maximum atomic E-state index is 12.0. The number of rotatable bonds is 4. The van der Waals surface area contributed by atoms with Gasteiger partial charge in [0.25, 0.3) is 0 Å². The van der Waals surface area contributed by atoms with Gasteiger partial charge in [-0.3, -0.25) is 0 Å². The lowest BCUT2D eigenvalue weighted by Crippen LogP contribution is -2.01. The molecule has 0 fully saturated rings. The van der Waals surface area contributed by atoms with Crippen LogP contribution in [0.2, 0.25) is 10.3 Å². The van der Waals surface area contributed by atoms with Gasteiger partial charge in [-0.1, -0.05) is 23.2 Å². The highest BCUT2D eigenvalue weighted by Gasteiger charge is 2.06. The molecule has 0 saturated heterocycles. The molecule has 0 bridgehead atoms. The molecule has 0 aliphatic rings. The first kappa shape index (κ1) is 13.8. The largest absolute Gasteiger partial charge is 0.435 e. The molecule has 0 unspecified atom stereocenters. The second-order valence-corrected chi connectivity index (χ2v) is 4.14. The van der Waals surface area contributed by atoms with E-state index in [1.807, 2.05) is 0 Å². The number of ether oxygens (including phenoxy) is 1. The third-order valence-electron chi connectivity index (χ3n) is 2.08. The molecule has 8 heteroatoms. The van der Waals surface area contributed by atoms with Crippen molar-refractivity contribution in [1.82, 2.24) is 10.2 Å². The van der Waals surface area contributed by atoms with E-state index in [2.05, 4.69) is 20.3 Å². The van der Waals surface area contributed by atoms with Crippen LogP contribution in [-0.2, 0) is 0 Å². The molecule has 4 nitrogen and oxygen atoms in total. The molecule has 19 heavy (non-hydrogen) atoms. The maximum Gasteiger partial charge on any atom is 0.387 e. The minimum Gasteiger partial charge on any atom is -0.435 e. The molecule has 1 heterocycles. The fourth-order valence-corrected chi connectivity index (χ4v) is 1.60. The van der Waals surface area contributed by atoms with Gasteiger partial charge in [-0.05, 0) is 24.3 Å². The summed E-state index contributed by atoms with van der Waals surface area (Å²) >= 11 is 11.5. The molecule has 0 amide bonds. The Morgan fingerprint density at radius 3 is 2.42 bits per heavy atom. The summed E-state index contributed by atoms with van der Waals surface area (Å²) in [6, 6.07) is 7.42. The van der Waals surface area contributed by atoms with Gasteiger partial charge in [0.15, 0.2) is 10.3 Å². The molecule has 100 valence electrons. The molecular weight excluding hydrogens is 299 g/mol. The van der Waals surface area contributed by atoms with Crippen LogP contribution in [0.5, 0.6) is 5.75 Å². The topological polar surface area (TPSA) is 47.0 Å². The number of nitrogens with zero attached hydrogens (tertiary/aromatic N) is 2. The van der Waals surface area contributed by atoms with Gasteiger partial charge in [-0.2, -0.15) is 8.78 Å². The number of aromatic nitrogens is 2. The van der Waals surface area contributed by atoms with Gasteiger partial charge in [0, 0.05) is 11.8 Å². The number of hydrogen-bond donors (Lipinski definition) is 1. The second kappa shape index (κ2) is 5.99. The van der Waals surface area contributed by atoms with Crippen molar-refractivity contribution in [2.24, 2.45) is 0 Å². The van der Waals surface area contributed by atoms with Crippen LogP contribution >= 0.6 is 23.2 Å². The Labute approximate surface area is 117 Å². The van der Waals surface area contributed by atoms with Crippen LogP contribution in [0.15, 0.2) is 30.3 Å². The van der Waals surface area contributed by atoms with Crippen molar-refractivity contribution >= 4 is 34.6 Å². The van der Waals surface area contributed by atoms with E-state index in [-0.39, 0.29) is 16.1 Å². The highest BCUT2D eigenvalue weighted by Crippen LogP contribution is 2.26. The van der Waals surface area contributed by atoms with Crippen molar-refractivity contribution in [1.29, 1.82) is 0 Å². The van der Waals surface area contributed by atoms with Crippen molar-refractivity contribution in [2.45, 2.75) is 6.61 Å². The quantitative estimate of drug-likeness (QED) is 0.922. The minimum atomic E-state index is -2.85. The van der Waals surface area contributed by atoms with Crippen LogP contribution in [-0.4, -0.2) is 16.8 Å². The van der Waals surface area contributed by atoms with Gasteiger partial charge in [-0.25, -0.2) is 0 Å². The van der Waals surface area contributed by atoms with Crippen LogP contribution in [0.4, 0.5) is 20.2 Å². The third-order valence-corrected chi connectivity index (χ3v) is 2.54. The number of halogens is 4. The molecule has 0 aliphatic heterocycles. The zero-order valence-electron chi connectivity index (χ0n) is 9.28. The van der Waals surface area contributed by atoms with Crippen LogP contribution < -0.4 is 10.1 Å². The zero-order chi connectivity index (χ0) is 13.8. The first-order chi connectivity index (χ1) is 9.04. The minimum absolute atomic E-state index is 0.0672. The summed E-state index contributed by atoms with van der Waals surface area (Å²) in [5.74, 6) is 0.0672. The Kier molecular flexibility index (Phi) is 4.34. The maximum absolute atomic E-state index is 12.0. The average molecular weight is 306 g/mol. The Bertz CT molecular complexity index is 566. The fourth-order valence-electron chi connectivity index (χ4n) is 1.32. The number of alkyl halides is 2. The summed E-state index contributed by atoms with van der Waals surface area (Å²) < 4.78 is 28.2. The molecule has 0 saturated carbocycles. The van der Waals surface area contributed by atoms with E-state index in [0.717, 1.165) is 0 Å². The summed E-state index contributed by atoms with van der Waals surface area (Å²) in [5, 5.41) is 10.5. The van der Waals surface area contributed by atoms with Crippen LogP contribution in [0, 0.1) is 0 Å². The van der Waals surface area contributed by atoms with E-state index in [0.29, 0.717) is 11.4 Å². The predicted octanol–water partition coefficient (Wildman–Crippen LogP) is 4.13. The van der Waals surface area contributed by atoms with Crippen molar-refractivity contribution in [3.8, 4) is 5.75 Å². The normalized spacial score (nSPS) is 10.6. The molecule has 1 aromatic carbocycles. The SMILES string of the molecule is FC(F)Oc1ccc(Nc2cc(Cl)nnc2Cl)cc1. The van der Waals surface area contributed by atoms with E-state index in [9.17, 15) is 8.78 Å². The fraction of sp³-hybridized carbons (Fsp3) is 0.0909. The van der Waals surface area contributed by atoms with Crippen molar-refractivity contribution in [3.05, 3.63) is 40.6 Å². The van der Waals surface area contributed by atoms with Crippen LogP contribution in [0.25, 0.3) is 0 Å². The molecular formula is C11H7Cl2F2N3O. The summed E-state index contributed by atoms with van der Waals surface area (Å²) in [6.45, 7) is -2.85. The van der Waals surface area contributed by atoms with Crippen LogP contribution in [0.3, 0.4) is 0 Å². The van der Waals surface area contributed by atoms with Gasteiger partial charge in [0.1, 0.15) is 5.75 Å². The standard InChI is InChI=1S/C11H7Cl2F2N3O/c12-9-5-8(10(13)18-17-9)16-6-1-3-7(4-2-6)19-11(14)15/h1-5,11H,(H,16,17). The summed E-state index contributed by atoms with van der Waals surface area (Å²) in [7, 11) is 0.